The highest BCUT2D eigenvalue weighted by atomic mass is 32.2. The number of methoxy groups -OCH3 is 2. The quantitative estimate of drug-likeness (QED) is 0.699. The molecule has 31 heavy (non-hydrogen) atoms. The van der Waals surface area contributed by atoms with E-state index in [4.69, 9.17) is 9.47 Å². The van der Waals surface area contributed by atoms with Crippen molar-refractivity contribution in [3.63, 3.8) is 0 Å². The molecule has 1 aliphatic heterocycles. The fraction of sp³-hybridized carbons (Fsp3) is 0.455. The predicted octanol–water partition coefficient (Wildman–Crippen LogP) is 2.31. The smallest absolute Gasteiger partial charge is 0.183 e. The Kier molecular flexibility index (Phi) is 6.02. The zero-order valence-corrected chi connectivity index (χ0v) is 19.2. The summed E-state index contributed by atoms with van der Waals surface area (Å²) in [5.74, 6) is 0.114. The van der Waals surface area contributed by atoms with Crippen molar-refractivity contribution in [3.05, 3.63) is 53.6 Å². The Morgan fingerprint density at radius 3 is 2.48 bits per heavy atom. The summed E-state index contributed by atoms with van der Waals surface area (Å²) in [6.07, 6.45) is 2.79. The van der Waals surface area contributed by atoms with Gasteiger partial charge in [0, 0.05) is 18.2 Å². The molecule has 1 heterocycles. The van der Waals surface area contributed by atoms with E-state index in [1.165, 1.54) is 38.0 Å². The highest BCUT2D eigenvalue weighted by Crippen LogP contribution is 2.35. The summed E-state index contributed by atoms with van der Waals surface area (Å²) in [5, 5.41) is 2.33. The van der Waals surface area contributed by atoms with E-state index in [9.17, 15) is 16.8 Å². The summed E-state index contributed by atoms with van der Waals surface area (Å²) in [6.45, 7) is 0. The number of hydrogen-bond donors (Lipinski definition) is 1. The molecule has 9 heteroatoms. The van der Waals surface area contributed by atoms with Crippen molar-refractivity contribution in [1.82, 2.24) is 5.32 Å². The SMILES string of the molecule is COc1ccc(S(=O)(=O)[C@H]2CS(=O)(=O)C[C@@H]2NC2CCCc3ccccc32)cc1OC. The van der Waals surface area contributed by atoms with Crippen LogP contribution >= 0.6 is 0 Å². The predicted molar refractivity (Wildman–Crippen MR) is 118 cm³/mol. The van der Waals surface area contributed by atoms with Gasteiger partial charge in [0.2, 0.25) is 0 Å². The Bertz CT molecular complexity index is 1180. The van der Waals surface area contributed by atoms with Gasteiger partial charge >= 0.3 is 0 Å². The third-order valence-corrected chi connectivity index (χ3v) is 10.3. The van der Waals surface area contributed by atoms with Crippen LogP contribution in [0, 0.1) is 0 Å². The molecule has 2 aliphatic rings. The van der Waals surface area contributed by atoms with Gasteiger partial charge in [0.1, 0.15) is 0 Å². The Hall–Kier alpha value is -2.10. The largest absolute Gasteiger partial charge is 0.493 e. The van der Waals surface area contributed by atoms with Crippen LogP contribution in [-0.2, 0) is 26.1 Å². The van der Waals surface area contributed by atoms with Gasteiger partial charge in [-0.3, -0.25) is 0 Å². The number of rotatable bonds is 6. The first-order valence-electron chi connectivity index (χ1n) is 10.3. The molecule has 168 valence electrons. The maximum atomic E-state index is 13.5. The molecule has 2 aromatic carbocycles. The molecule has 7 nitrogen and oxygen atoms in total. The summed E-state index contributed by atoms with van der Waals surface area (Å²) >= 11 is 0. The topological polar surface area (TPSA) is 98.8 Å². The van der Waals surface area contributed by atoms with Gasteiger partial charge in [-0.15, -0.1) is 0 Å². The molecule has 3 atom stereocenters. The van der Waals surface area contributed by atoms with Crippen LogP contribution in [0.15, 0.2) is 47.4 Å². The van der Waals surface area contributed by atoms with Crippen molar-refractivity contribution in [2.24, 2.45) is 0 Å². The van der Waals surface area contributed by atoms with E-state index in [1.807, 2.05) is 18.2 Å². The van der Waals surface area contributed by atoms with Gasteiger partial charge in [-0.1, -0.05) is 24.3 Å². The first-order chi connectivity index (χ1) is 14.7. The van der Waals surface area contributed by atoms with Gasteiger partial charge in [-0.2, -0.15) is 0 Å². The number of ether oxygens (including phenoxy) is 2. The van der Waals surface area contributed by atoms with Crippen molar-refractivity contribution in [1.29, 1.82) is 0 Å². The van der Waals surface area contributed by atoms with E-state index < -0.39 is 36.7 Å². The zero-order valence-electron chi connectivity index (χ0n) is 17.6. The lowest BCUT2D eigenvalue weighted by Crippen LogP contribution is -2.45. The molecule has 0 amide bonds. The van der Waals surface area contributed by atoms with Crippen LogP contribution in [0.3, 0.4) is 0 Å². The second kappa shape index (κ2) is 8.44. The fourth-order valence-corrected chi connectivity index (χ4v) is 9.32. The average Bonchev–Trinajstić information content (AvgIpc) is 3.08. The molecular weight excluding hydrogens is 438 g/mol. The molecule has 1 fully saturated rings. The first-order valence-corrected chi connectivity index (χ1v) is 13.6. The zero-order chi connectivity index (χ0) is 22.2. The highest BCUT2D eigenvalue weighted by Gasteiger charge is 2.46. The molecule has 1 N–H and O–H groups in total. The molecule has 2 aromatic rings. The Morgan fingerprint density at radius 1 is 1.00 bits per heavy atom. The van der Waals surface area contributed by atoms with Gasteiger partial charge in [0.15, 0.2) is 31.2 Å². The highest BCUT2D eigenvalue weighted by molar-refractivity contribution is 7.96. The van der Waals surface area contributed by atoms with Crippen LogP contribution in [-0.4, -0.2) is 53.9 Å². The Balaban J connectivity index is 1.67. The molecule has 1 unspecified atom stereocenters. The molecule has 1 saturated heterocycles. The normalized spacial score (nSPS) is 25.0. The van der Waals surface area contributed by atoms with E-state index in [2.05, 4.69) is 11.4 Å². The van der Waals surface area contributed by atoms with Crippen LogP contribution in [0.25, 0.3) is 0 Å². The molecule has 4 rings (SSSR count). The lowest BCUT2D eigenvalue weighted by Gasteiger charge is -2.31. The van der Waals surface area contributed by atoms with Crippen molar-refractivity contribution in [2.45, 2.75) is 41.5 Å². The fourth-order valence-electron chi connectivity index (χ4n) is 4.63. The van der Waals surface area contributed by atoms with Crippen molar-refractivity contribution >= 4 is 19.7 Å². The number of fused-ring (bicyclic) bond motifs is 1. The Morgan fingerprint density at radius 2 is 1.74 bits per heavy atom. The van der Waals surface area contributed by atoms with Crippen LogP contribution < -0.4 is 14.8 Å². The Labute approximate surface area is 183 Å². The monoisotopic (exact) mass is 465 g/mol. The lowest BCUT2D eigenvalue weighted by atomic mass is 9.87. The van der Waals surface area contributed by atoms with E-state index in [-0.39, 0.29) is 22.4 Å². The van der Waals surface area contributed by atoms with Crippen molar-refractivity contribution < 1.29 is 26.3 Å². The van der Waals surface area contributed by atoms with Crippen molar-refractivity contribution in [3.8, 4) is 11.5 Å². The average molecular weight is 466 g/mol. The summed E-state index contributed by atoms with van der Waals surface area (Å²) < 4.78 is 62.4. The first kappa shape index (κ1) is 22.1. The molecule has 1 aliphatic carbocycles. The summed E-state index contributed by atoms with van der Waals surface area (Å²) in [6, 6.07) is 11.7. The maximum absolute atomic E-state index is 13.5. The molecular formula is C22H27NO6S2. The standard InChI is InChI=1S/C22H27NO6S2/c1-28-20-11-10-16(12-21(20)29-2)31(26,27)22-14-30(24,25)13-19(22)23-18-9-5-7-15-6-3-4-8-17(15)18/h3-4,6,8,10-12,18-19,22-23H,5,7,9,13-14H2,1-2H3/t18?,19-,22-/m0/s1. The number of nitrogens with one attached hydrogen (secondary N) is 1. The molecule has 0 saturated carbocycles. The maximum Gasteiger partial charge on any atom is 0.183 e. The van der Waals surface area contributed by atoms with Gasteiger partial charge in [0.05, 0.1) is 35.9 Å². The number of sulfone groups is 2. The molecule has 0 spiro atoms. The molecule has 0 radical (unpaired) electrons. The van der Waals surface area contributed by atoms with Gasteiger partial charge in [-0.05, 0) is 42.5 Å². The lowest BCUT2D eigenvalue weighted by molar-refractivity contribution is 0.353. The van der Waals surface area contributed by atoms with E-state index in [0.29, 0.717) is 5.75 Å². The summed E-state index contributed by atoms with van der Waals surface area (Å²) in [5.41, 5.74) is 2.35. The summed E-state index contributed by atoms with van der Waals surface area (Å²) in [7, 11) is -4.51. The minimum atomic E-state index is -3.92. The second-order valence-corrected chi connectivity index (χ2v) is 12.4. The third kappa shape index (κ3) is 4.31. The van der Waals surface area contributed by atoms with Crippen LogP contribution in [0.2, 0.25) is 0 Å². The molecule has 0 aromatic heterocycles. The minimum absolute atomic E-state index is 0.0306. The van der Waals surface area contributed by atoms with Crippen LogP contribution in [0.1, 0.15) is 30.0 Å². The number of aryl methyl sites for hydroxylation is 1. The van der Waals surface area contributed by atoms with Gasteiger partial charge < -0.3 is 14.8 Å². The number of hydrogen-bond acceptors (Lipinski definition) is 7. The van der Waals surface area contributed by atoms with Gasteiger partial charge in [0.25, 0.3) is 0 Å². The molecule has 0 bridgehead atoms. The van der Waals surface area contributed by atoms with E-state index >= 15 is 0 Å². The van der Waals surface area contributed by atoms with E-state index in [1.54, 1.807) is 0 Å². The second-order valence-electron chi connectivity index (χ2n) is 8.09. The van der Waals surface area contributed by atoms with Crippen LogP contribution in [0.5, 0.6) is 11.5 Å². The minimum Gasteiger partial charge on any atom is -0.493 e. The number of benzene rings is 2. The van der Waals surface area contributed by atoms with Crippen LogP contribution in [0.4, 0.5) is 0 Å². The summed E-state index contributed by atoms with van der Waals surface area (Å²) in [4.78, 5) is 0.0306. The van der Waals surface area contributed by atoms with Crippen molar-refractivity contribution in [2.75, 3.05) is 25.7 Å². The van der Waals surface area contributed by atoms with Gasteiger partial charge in [-0.25, -0.2) is 16.8 Å². The third-order valence-electron chi connectivity index (χ3n) is 6.17. The van der Waals surface area contributed by atoms with E-state index in [0.717, 1.165) is 24.8 Å².